The summed E-state index contributed by atoms with van der Waals surface area (Å²) >= 11 is 2.42. The van der Waals surface area contributed by atoms with Crippen LogP contribution in [0.25, 0.3) is 0 Å². The molecule has 8 nitrogen and oxygen atoms in total. The van der Waals surface area contributed by atoms with Gasteiger partial charge < -0.3 is 10.2 Å². The van der Waals surface area contributed by atoms with Crippen molar-refractivity contribution in [3.63, 3.8) is 0 Å². The first-order valence-electron chi connectivity index (χ1n) is 7.97. The molecule has 3 rings (SSSR count). The van der Waals surface area contributed by atoms with Gasteiger partial charge in [-0.15, -0.1) is 22.7 Å². The zero-order chi connectivity index (χ0) is 18.6. The zero-order valence-electron chi connectivity index (χ0n) is 13.8. The van der Waals surface area contributed by atoms with Crippen LogP contribution in [0.3, 0.4) is 0 Å². The number of rotatable bonds is 6. The average molecular weight is 415 g/mol. The van der Waals surface area contributed by atoms with Gasteiger partial charge in [-0.2, -0.15) is 0 Å². The molecule has 2 amide bonds. The van der Waals surface area contributed by atoms with E-state index in [1.165, 1.54) is 22.3 Å². The Hall–Kier alpha value is -1.82. The van der Waals surface area contributed by atoms with E-state index in [1.807, 2.05) is 0 Å². The van der Waals surface area contributed by atoms with E-state index in [9.17, 15) is 18.0 Å². The van der Waals surface area contributed by atoms with Gasteiger partial charge in [-0.3, -0.25) is 9.59 Å². The van der Waals surface area contributed by atoms with E-state index < -0.39 is 10.0 Å². The fourth-order valence-electron chi connectivity index (χ4n) is 2.67. The van der Waals surface area contributed by atoms with Gasteiger partial charge >= 0.3 is 0 Å². The Morgan fingerprint density at radius 3 is 2.85 bits per heavy atom. The molecule has 1 saturated heterocycles. The molecule has 1 aliphatic heterocycles. The highest BCUT2D eigenvalue weighted by molar-refractivity contribution is 7.91. The zero-order valence-corrected chi connectivity index (χ0v) is 16.2. The number of anilines is 1. The minimum atomic E-state index is -3.68. The molecule has 2 aromatic heterocycles. The second-order valence-corrected chi connectivity index (χ2v) is 9.60. The number of carbonyl (C=O) groups is 2. The van der Waals surface area contributed by atoms with E-state index in [0.29, 0.717) is 24.5 Å². The second-order valence-electron chi connectivity index (χ2n) is 5.76. The lowest BCUT2D eigenvalue weighted by Gasteiger charge is -2.32. The summed E-state index contributed by atoms with van der Waals surface area (Å²) in [5.41, 5.74) is 0. The van der Waals surface area contributed by atoms with Crippen LogP contribution >= 0.6 is 22.7 Å². The highest BCUT2D eigenvalue weighted by Crippen LogP contribution is 2.20. The fourth-order valence-corrected chi connectivity index (χ4v) is 5.21. The summed E-state index contributed by atoms with van der Waals surface area (Å²) < 4.78 is 26.7. The maximum absolute atomic E-state index is 12.4. The van der Waals surface area contributed by atoms with Gasteiger partial charge in [0.1, 0.15) is 4.21 Å². The Morgan fingerprint density at radius 1 is 1.31 bits per heavy atom. The van der Waals surface area contributed by atoms with Crippen LogP contribution in [0.2, 0.25) is 0 Å². The van der Waals surface area contributed by atoms with Crippen molar-refractivity contribution in [1.29, 1.82) is 0 Å². The van der Waals surface area contributed by atoms with Crippen LogP contribution in [-0.4, -0.2) is 49.8 Å². The molecule has 1 aliphatic rings. The monoisotopic (exact) mass is 414 g/mol. The Kier molecular flexibility index (Phi) is 6.01. The number of sulfonamides is 1. The van der Waals surface area contributed by atoms with E-state index >= 15 is 0 Å². The molecule has 0 aromatic carbocycles. The van der Waals surface area contributed by atoms with E-state index in [-0.39, 0.29) is 35.0 Å². The molecule has 1 unspecified atom stereocenters. The van der Waals surface area contributed by atoms with Crippen LogP contribution in [-0.2, 0) is 19.6 Å². The van der Waals surface area contributed by atoms with Crippen LogP contribution < -0.4 is 10.0 Å². The first kappa shape index (κ1) is 19.0. The molecule has 0 bridgehead atoms. The minimum absolute atomic E-state index is 0.170. The number of aromatic nitrogens is 1. The Bertz CT molecular complexity index is 850. The standard InChI is InChI=1S/C15H18N4O4S3/c20-12(9-17-26(22,23)13-4-2-7-24-13)19-6-1-3-11(10-19)14(21)18-15-16-5-8-25-15/h2,4-5,7-8,11,17H,1,3,6,9-10H2,(H,16,18,21). The largest absolute Gasteiger partial charge is 0.341 e. The van der Waals surface area contributed by atoms with E-state index in [2.05, 4.69) is 15.0 Å². The maximum Gasteiger partial charge on any atom is 0.250 e. The summed E-state index contributed by atoms with van der Waals surface area (Å²) in [6.07, 6.45) is 2.98. The predicted molar refractivity (Wildman–Crippen MR) is 99.6 cm³/mol. The highest BCUT2D eigenvalue weighted by atomic mass is 32.2. The lowest BCUT2D eigenvalue weighted by Crippen LogP contribution is -2.47. The number of amides is 2. The summed E-state index contributed by atoms with van der Waals surface area (Å²) in [4.78, 5) is 30.2. The molecule has 0 radical (unpaired) electrons. The van der Waals surface area contributed by atoms with Crippen molar-refractivity contribution in [2.75, 3.05) is 25.0 Å². The number of nitrogens with one attached hydrogen (secondary N) is 2. The van der Waals surface area contributed by atoms with Crippen molar-refractivity contribution in [2.24, 2.45) is 5.92 Å². The number of hydrogen-bond donors (Lipinski definition) is 2. The third kappa shape index (κ3) is 4.67. The summed E-state index contributed by atoms with van der Waals surface area (Å²) in [5, 5.41) is 6.71. The lowest BCUT2D eigenvalue weighted by molar-refractivity contribution is -0.133. The molecule has 2 aromatic rings. The van der Waals surface area contributed by atoms with Gasteiger partial charge in [-0.1, -0.05) is 6.07 Å². The minimum Gasteiger partial charge on any atom is -0.341 e. The summed E-state index contributed by atoms with van der Waals surface area (Å²) in [6, 6.07) is 3.12. The van der Waals surface area contributed by atoms with Gasteiger partial charge in [-0.05, 0) is 24.3 Å². The molecule has 2 N–H and O–H groups in total. The second kappa shape index (κ2) is 8.25. The molecule has 140 valence electrons. The molecular weight excluding hydrogens is 396 g/mol. The highest BCUT2D eigenvalue weighted by Gasteiger charge is 2.29. The molecule has 1 atom stereocenters. The van der Waals surface area contributed by atoms with Gasteiger partial charge in [0.15, 0.2) is 5.13 Å². The topological polar surface area (TPSA) is 108 Å². The first-order chi connectivity index (χ1) is 12.5. The van der Waals surface area contributed by atoms with Crippen LogP contribution in [0.5, 0.6) is 0 Å². The first-order valence-corrected chi connectivity index (χ1v) is 11.2. The van der Waals surface area contributed by atoms with E-state index in [4.69, 9.17) is 0 Å². The SMILES string of the molecule is O=C(Nc1nccs1)C1CCCN(C(=O)CNS(=O)(=O)c2cccs2)C1. The van der Waals surface area contributed by atoms with Crippen molar-refractivity contribution in [2.45, 2.75) is 17.1 Å². The van der Waals surface area contributed by atoms with Gasteiger partial charge in [0, 0.05) is 24.7 Å². The van der Waals surface area contributed by atoms with Gasteiger partial charge in [0.05, 0.1) is 12.5 Å². The molecule has 11 heteroatoms. The van der Waals surface area contributed by atoms with Crippen LogP contribution in [0.4, 0.5) is 5.13 Å². The molecule has 0 saturated carbocycles. The molecule has 3 heterocycles. The fraction of sp³-hybridized carbons (Fsp3) is 0.400. The number of likely N-dealkylation sites (tertiary alicyclic amines) is 1. The smallest absolute Gasteiger partial charge is 0.250 e. The number of thiazole rings is 1. The number of piperidine rings is 1. The van der Waals surface area contributed by atoms with Crippen molar-refractivity contribution in [3.8, 4) is 0 Å². The summed E-state index contributed by atoms with van der Waals surface area (Å²) in [7, 11) is -3.68. The third-order valence-corrected chi connectivity index (χ3v) is 7.47. The van der Waals surface area contributed by atoms with Crippen molar-refractivity contribution in [1.82, 2.24) is 14.6 Å². The number of hydrogen-bond acceptors (Lipinski definition) is 7. The Labute approximate surface area is 159 Å². The van der Waals surface area contributed by atoms with Crippen molar-refractivity contribution < 1.29 is 18.0 Å². The summed E-state index contributed by atoms with van der Waals surface area (Å²) in [6.45, 7) is 0.471. The molecule has 0 spiro atoms. The Morgan fingerprint density at radius 2 is 2.15 bits per heavy atom. The number of thiophene rings is 1. The van der Waals surface area contributed by atoms with Gasteiger partial charge in [0.25, 0.3) is 10.0 Å². The van der Waals surface area contributed by atoms with Crippen molar-refractivity contribution in [3.05, 3.63) is 29.1 Å². The number of carbonyl (C=O) groups excluding carboxylic acids is 2. The van der Waals surface area contributed by atoms with Gasteiger partial charge in [-0.25, -0.2) is 18.1 Å². The molecule has 26 heavy (non-hydrogen) atoms. The molecule has 0 aliphatic carbocycles. The predicted octanol–water partition coefficient (Wildman–Crippen LogP) is 1.36. The van der Waals surface area contributed by atoms with Crippen LogP contribution in [0.15, 0.2) is 33.3 Å². The average Bonchev–Trinajstić information content (AvgIpc) is 3.34. The lowest BCUT2D eigenvalue weighted by atomic mass is 9.97. The van der Waals surface area contributed by atoms with Crippen molar-refractivity contribution >= 4 is 49.6 Å². The van der Waals surface area contributed by atoms with E-state index in [1.54, 1.807) is 23.0 Å². The maximum atomic E-state index is 12.4. The molecular formula is C15H18N4O4S3. The Balaban J connectivity index is 1.53. The third-order valence-electron chi connectivity index (χ3n) is 3.98. The normalized spacial score (nSPS) is 17.8. The summed E-state index contributed by atoms with van der Waals surface area (Å²) in [5.74, 6) is -0.834. The molecule has 1 fully saturated rings. The van der Waals surface area contributed by atoms with E-state index in [0.717, 1.165) is 11.3 Å². The van der Waals surface area contributed by atoms with Crippen LogP contribution in [0.1, 0.15) is 12.8 Å². The van der Waals surface area contributed by atoms with Gasteiger partial charge in [0.2, 0.25) is 11.8 Å². The number of nitrogens with zero attached hydrogens (tertiary/aromatic N) is 2. The quantitative estimate of drug-likeness (QED) is 0.742. The van der Waals surface area contributed by atoms with Crippen LogP contribution in [0, 0.1) is 5.92 Å².